The van der Waals surface area contributed by atoms with Crippen molar-refractivity contribution in [1.82, 2.24) is 0 Å². The van der Waals surface area contributed by atoms with Crippen molar-refractivity contribution < 1.29 is 4.42 Å². The lowest BCUT2D eigenvalue weighted by Crippen LogP contribution is -2.26. The molecule has 2 nitrogen and oxygen atoms in total. The molecule has 2 aliphatic carbocycles. The summed E-state index contributed by atoms with van der Waals surface area (Å²) in [6.07, 6.45) is 0. The average molecular weight is 750 g/mol. The van der Waals surface area contributed by atoms with Crippen molar-refractivity contribution in [2.75, 3.05) is 4.90 Å². The van der Waals surface area contributed by atoms with Gasteiger partial charge in [-0.2, -0.15) is 0 Å². The molecule has 0 N–H and O–H groups in total. The fraction of sp³-hybridized carbons (Fsp3) is 0.0175. The predicted octanol–water partition coefficient (Wildman–Crippen LogP) is 15.4. The van der Waals surface area contributed by atoms with Gasteiger partial charge in [-0.1, -0.05) is 182 Å². The highest BCUT2D eigenvalue weighted by molar-refractivity contribution is 6.16. The molecule has 11 aromatic rings. The molecule has 2 aliphatic rings. The molecule has 0 bridgehead atoms. The first-order valence-electron chi connectivity index (χ1n) is 20.4. The van der Waals surface area contributed by atoms with Crippen molar-refractivity contribution in [3.63, 3.8) is 0 Å². The van der Waals surface area contributed by atoms with Gasteiger partial charge in [0.15, 0.2) is 0 Å². The Morgan fingerprint density at radius 3 is 1.69 bits per heavy atom. The average Bonchev–Trinajstić information content (AvgIpc) is 3.94. The molecule has 13 rings (SSSR count). The number of para-hydroxylation sites is 2. The number of fused-ring (bicyclic) bond motifs is 16. The second kappa shape index (κ2) is 12.2. The van der Waals surface area contributed by atoms with E-state index in [9.17, 15) is 0 Å². The van der Waals surface area contributed by atoms with Crippen LogP contribution in [0, 0.1) is 0 Å². The Kier molecular flexibility index (Phi) is 6.68. The van der Waals surface area contributed by atoms with Gasteiger partial charge in [0, 0.05) is 33.0 Å². The SMILES string of the molecule is c1ccc2c(c1)-c1ccccc1C21c2ccccc2-c2c(N(c3ccc(-c4cccc5c4oc4ccccc45)cc3)c3cccc4ccc5ccccc5c34)cccc21. The van der Waals surface area contributed by atoms with Crippen LogP contribution in [0.4, 0.5) is 17.1 Å². The van der Waals surface area contributed by atoms with Crippen molar-refractivity contribution in [2.24, 2.45) is 0 Å². The van der Waals surface area contributed by atoms with Gasteiger partial charge >= 0.3 is 0 Å². The maximum atomic E-state index is 6.51. The van der Waals surface area contributed by atoms with Crippen LogP contribution in [0.25, 0.3) is 76.9 Å². The van der Waals surface area contributed by atoms with Crippen LogP contribution in [0.1, 0.15) is 22.3 Å². The minimum atomic E-state index is -0.443. The largest absolute Gasteiger partial charge is 0.455 e. The maximum Gasteiger partial charge on any atom is 0.143 e. The third-order valence-corrected chi connectivity index (χ3v) is 13.1. The number of benzene rings is 10. The van der Waals surface area contributed by atoms with Crippen molar-refractivity contribution >= 4 is 60.5 Å². The molecule has 59 heavy (non-hydrogen) atoms. The molecule has 0 unspecified atom stereocenters. The van der Waals surface area contributed by atoms with Gasteiger partial charge < -0.3 is 9.32 Å². The molecular weight excluding hydrogens is 715 g/mol. The van der Waals surface area contributed by atoms with Crippen LogP contribution in [0.5, 0.6) is 0 Å². The molecule has 0 amide bonds. The van der Waals surface area contributed by atoms with Gasteiger partial charge in [-0.3, -0.25) is 0 Å². The molecule has 10 aromatic carbocycles. The predicted molar refractivity (Wildman–Crippen MR) is 245 cm³/mol. The van der Waals surface area contributed by atoms with Crippen LogP contribution in [0.15, 0.2) is 217 Å². The monoisotopic (exact) mass is 749 g/mol. The topological polar surface area (TPSA) is 16.4 Å². The van der Waals surface area contributed by atoms with Gasteiger partial charge in [-0.05, 0) is 91.0 Å². The second-order valence-corrected chi connectivity index (χ2v) is 15.9. The summed E-state index contributed by atoms with van der Waals surface area (Å²) in [5.41, 5.74) is 17.5. The summed E-state index contributed by atoms with van der Waals surface area (Å²) in [7, 11) is 0. The second-order valence-electron chi connectivity index (χ2n) is 15.9. The molecule has 0 radical (unpaired) electrons. The number of hydrogen-bond acceptors (Lipinski definition) is 2. The fourth-order valence-corrected chi connectivity index (χ4v) is 10.7. The van der Waals surface area contributed by atoms with Crippen LogP contribution in [-0.2, 0) is 5.41 Å². The Morgan fingerprint density at radius 2 is 0.898 bits per heavy atom. The molecule has 0 saturated heterocycles. The van der Waals surface area contributed by atoms with E-state index < -0.39 is 5.41 Å². The van der Waals surface area contributed by atoms with Crippen LogP contribution in [0.3, 0.4) is 0 Å². The lowest BCUT2D eigenvalue weighted by molar-refractivity contribution is 0.670. The molecule has 0 aliphatic heterocycles. The number of rotatable bonds is 4. The number of hydrogen-bond donors (Lipinski definition) is 0. The minimum Gasteiger partial charge on any atom is -0.455 e. The molecule has 0 saturated carbocycles. The lowest BCUT2D eigenvalue weighted by Gasteiger charge is -2.32. The molecule has 1 spiro atoms. The Labute approximate surface area is 341 Å². The maximum absolute atomic E-state index is 6.51. The molecule has 2 heteroatoms. The zero-order valence-corrected chi connectivity index (χ0v) is 32.1. The minimum absolute atomic E-state index is 0.443. The first kappa shape index (κ1) is 32.4. The quantitative estimate of drug-likeness (QED) is 0.167. The van der Waals surface area contributed by atoms with Crippen LogP contribution < -0.4 is 4.90 Å². The van der Waals surface area contributed by atoms with Gasteiger partial charge in [-0.15, -0.1) is 0 Å². The standard InChI is InChI=1S/C57H35NO/c1-2-16-40-36(14-1)30-31-38-15-11-27-51(54(38)40)58(39-34-32-37(33-35-39)41-21-12-22-45-44-19-6-10-29-53(44)59-56(41)45)52-28-13-26-50-55(52)46-20-5-9-25-49(46)57(50)47-23-7-3-17-42(47)43-18-4-8-24-48(43)57/h1-35H. The van der Waals surface area contributed by atoms with E-state index in [1.807, 2.05) is 6.07 Å². The van der Waals surface area contributed by atoms with E-state index in [0.29, 0.717) is 0 Å². The highest BCUT2D eigenvalue weighted by atomic mass is 16.3. The van der Waals surface area contributed by atoms with Gasteiger partial charge in [0.05, 0.1) is 16.8 Å². The Balaban J connectivity index is 1.09. The third kappa shape index (κ3) is 4.35. The Bertz CT molecular complexity index is 3470. The number of furan rings is 1. The first-order chi connectivity index (χ1) is 29.3. The van der Waals surface area contributed by atoms with E-state index in [-0.39, 0.29) is 0 Å². The summed E-state index contributed by atoms with van der Waals surface area (Å²) >= 11 is 0. The molecular formula is C57H35NO. The first-order valence-corrected chi connectivity index (χ1v) is 20.4. The summed E-state index contributed by atoms with van der Waals surface area (Å²) in [6, 6.07) is 78.1. The zero-order valence-electron chi connectivity index (χ0n) is 32.1. The fourth-order valence-electron chi connectivity index (χ4n) is 10.7. The van der Waals surface area contributed by atoms with Crippen LogP contribution >= 0.6 is 0 Å². The lowest BCUT2D eigenvalue weighted by atomic mass is 9.70. The Morgan fingerprint density at radius 1 is 0.356 bits per heavy atom. The third-order valence-electron chi connectivity index (χ3n) is 13.1. The summed E-state index contributed by atoms with van der Waals surface area (Å²) < 4.78 is 6.51. The summed E-state index contributed by atoms with van der Waals surface area (Å²) in [6.45, 7) is 0. The number of nitrogens with zero attached hydrogens (tertiary/aromatic N) is 1. The van der Waals surface area contributed by atoms with Crippen LogP contribution in [0.2, 0.25) is 0 Å². The van der Waals surface area contributed by atoms with E-state index in [0.717, 1.165) is 50.1 Å². The highest BCUT2D eigenvalue weighted by Gasteiger charge is 2.52. The summed E-state index contributed by atoms with van der Waals surface area (Å²) in [5, 5.41) is 7.18. The van der Waals surface area contributed by atoms with Crippen LogP contribution in [-0.4, -0.2) is 0 Å². The summed E-state index contributed by atoms with van der Waals surface area (Å²) in [5.74, 6) is 0. The highest BCUT2D eigenvalue weighted by Crippen LogP contribution is 2.64. The Hall–Kier alpha value is -7.68. The smallest absolute Gasteiger partial charge is 0.143 e. The van der Waals surface area contributed by atoms with E-state index in [1.165, 1.54) is 66.1 Å². The van der Waals surface area contributed by atoms with Crippen molar-refractivity contribution in [3.8, 4) is 33.4 Å². The number of anilines is 3. The van der Waals surface area contributed by atoms with E-state index >= 15 is 0 Å². The molecule has 0 atom stereocenters. The van der Waals surface area contributed by atoms with Crippen molar-refractivity contribution in [2.45, 2.75) is 5.41 Å². The molecule has 0 fully saturated rings. The van der Waals surface area contributed by atoms with E-state index in [2.05, 4.69) is 211 Å². The van der Waals surface area contributed by atoms with Crippen molar-refractivity contribution in [3.05, 3.63) is 235 Å². The van der Waals surface area contributed by atoms with Gasteiger partial charge in [-0.25, -0.2) is 0 Å². The van der Waals surface area contributed by atoms with E-state index in [4.69, 9.17) is 4.42 Å². The molecule has 1 heterocycles. The normalized spacial score (nSPS) is 13.2. The van der Waals surface area contributed by atoms with Gasteiger partial charge in [0.1, 0.15) is 11.2 Å². The van der Waals surface area contributed by atoms with Crippen molar-refractivity contribution in [1.29, 1.82) is 0 Å². The van der Waals surface area contributed by atoms with E-state index in [1.54, 1.807) is 0 Å². The van der Waals surface area contributed by atoms with Gasteiger partial charge in [0.25, 0.3) is 0 Å². The molecule has 274 valence electrons. The molecule has 1 aromatic heterocycles. The zero-order chi connectivity index (χ0) is 38.7. The van der Waals surface area contributed by atoms with Gasteiger partial charge in [0.2, 0.25) is 0 Å². The summed E-state index contributed by atoms with van der Waals surface area (Å²) in [4.78, 5) is 2.52.